The molecule has 1 aliphatic carbocycles. The van der Waals surface area contributed by atoms with Crippen molar-refractivity contribution in [2.24, 2.45) is 23.0 Å². The summed E-state index contributed by atoms with van der Waals surface area (Å²) in [6.07, 6.45) is 6.74. The third-order valence-electron chi connectivity index (χ3n) is 7.43. The molecule has 1 saturated carbocycles. The summed E-state index contributed by atoms with van der Waals surface area (Å²) in [5.74, 6) is 1.46. The fraction of sp³-hybridized carbons (Fsp3) is 1.00. The van der Waals surface area contributed by atoms with E-state index in [1.54, 1.807) is 0 Å². The summed E-state index contributed by atoms with van der Waals surface area (Å²) >= 11 is 0. The van der Waals surface area contributed by atoms with Crippen molar-refractivity contribution in [3.8, 4) is 0 Å². The largest absolute Gasteiger partial charge is 0.327 e. The molecule has 3 aliphatic rings. The summed E-state index contributed by atoms with van der Waals surface area (Å²) in [4.78, 5) is 5.43. The summed E-state index contributed by atoms with van der Waals surface area (Å²) in [6, 6.07) is 2.07. The van der Waals surface area contributed by atoms with Crippen LogP contribution in [0.4, 0.5) is 0 Å². The minimum atomic E-state index is 0.384. The average Bonchev–Trinajstić information content (AvgIpc) is 2.67. The standard InChI is InChI=1S/C18H35N3/c1-13-17(19)8-5-14(18(13,2)3)11-21-10-9-15-6-7-16(12-21)20(15)4/h13-17H,5-12,19H2,1-4H3. The van der Waals surface area contributed by atoms with Gasteiger partial charge in [0.15, 0.2) is 0 Å². The van der Waals surface area contributed by atoms with Crippen LogP contribution in [0.1, 0.15) is 52.9 Å². The highest BCUT2D eigenvalue weighted by Crippen LogP contribution is 2.45. The predicted octanol–water partition coefficient (Wildman–Crippen LogP) is 2.55. The van der Waals surface area contributed by atoms with E-state index >= 15 is 0 Å². The first-order valence-corrected chi connectivity index (χ1v) is 9.09. The lowest BCUT2D eigenvalue weighted by Gasteiger charge is -2.48. The molecule has 2 heterocycles. The van der Waals surface area contributed by atoms with Crippen molar-refractivity contribution in [3.63, 3.8) is 0 Å². The Kier molecular flexibility index (Phi) is 4.37. The fourth-order valence-corrected chi connectivity index (χ4v) is 5.12. The molecule has 3 rings (SSSR count). The van der Waals surface area contributed by atoms with Crippen LogP contribution in [-0.4, -0.2) is 54.6 Å². The number of hydrogen-bond acceptors (Lipinski definition) is 3. The summed E-state index contributed by atoms with van der Waals surface area (Å²) in [5.41, 5.74) is 6.71. The van der Waals surface area contributed by atoms with Gasteiger partial charge in [-0.25, -0.2) is 0 Å². The monoisotopic (exact) mass is 293 g/mol. The zero-order valence-electron chi connectivity index (χ0n) is 14.5. The maximum absolute atomic E-state index is 6.32. The number of fused-ring (bicyclic) bond motifs is 2. The third-order valence-corrected chi connectivity index (χ3v) is 7.43. The van der Waals surface area contributed by atoms with Gasteiger partial charge in [-0.3, -0.25) is 4.90 Å². The maximum Gasteiger partial charge on any atom is 0.0223 e. The normalized spacial score (nSPS) is 44.7. The lowest BCUT2D eigenvalue weighted by Crippen LogP contribution is -2.50. The van der Waals surface area contributed by atoms with Crippen molar-refractivity contribution in [1.29, 1.82) is 0 Å². The van der Waals surface area contributed by atoms with Crippen LogP contribution >= 0.6 is 0 Å². The van der Waals surface area contributed by atoms with E-state index in [4.69, 9.17) is 5.73 Å². The van der Waals surface area contributed by atoms with Gasteiger partial charge in [0.2, 0.25) is 0 Å². The smallest absolute Gasteiger partial charge is 0.0223 e. The molecule has 0 radical (unpaired) electrons. The Morgan fingerprint density at radius 2 is 1.76 bits per heavy atom. The molecule has 0 aromatic heterocycles. The van der Waals surface area contributed by atoms with Gasteiger partial charge in [-0.2, -0.15) is 0 Å². The molecule has 0 aromatic rings. The van der Waals surface area contributed by atoms with Gasteiger partial charge in [0.05, 0.1) is 0 Å². The molecule has 122 valence electrons. The second-order valence-electron chi connectivity index (χ2n) is 8.65. The SMILES string of the molecule is CC1C(N)CCC(CN2CCC3CCC(C2)N3C)C1(C)C. The Morgan fingerprint density at radius 3 is 2.52 bits per heavy atom. The average molecular weight is 293 g/mol. The van der Waals surface area contributed by atoms with E-state index in [2.05, 4.69) is 37.6 Å². The van der Waals surface area contributed by atoms with Crippen LogP contribution in [-0.2, 0) is 0 Å². The predicted molar refractivity (Wildman–Crippen MR) is 89.3 cm³/mol. The molecule has 3 nitrogen and oxygen atoms in total. The van der Waals surface area contributed by atoms with Crippen molar-refractivity contribution in [3.05, 3.63) is 0 Å². The topological polar surface area (TPSA) is 32.5 Å². The maximum atomic E-state index is 6.32. The first kappa shape index (κ1) is 15.8. The van der Waals surface area contributed by atoms with Crippen LogP contribution in [0, 0.1) is 17.3 Å². The molecule has 0 aromatic carbocycles. The van der Waals surface area contributed by atoms with Gasteiger partial charge in [0.1, 0.15) is 0 Å². The van der Waals surface area contributed by atoms with Crippen molar-refractivity contribution in [1.82, 2.24) is 9.80 Å². The number of rotatable bonds is 2. The van der Waals surface area contributed by atoms with E-state index in [-0.39, 0.29) is 0 Å². The van der Waals surface area contributed by atoms with E-state index in [1.807, 2.05) is 0 Å². The zero-order chi connectivity index (χ0) is 15.2. The van der Waals surface area contributed by atoms with Gasteiger partial charge < -0.3 is 10.6 Å². The van der Waals surface area contributed by atoms with Crippen LogP contribution in [0.15, 0.2) is 0 Å². The van der Waals surface area contributed by atoms with Gasteiger partial charge >= 0.3 is 0 Å². The van der Waals surface area contributed by atoms with Crippen LogP contribution in [0.2, 0.25) is 0 Å². The lowest BCUT2D eigenvalue weighted by molar-refractivity contribution is 0.0269. The second-order valence-corrected chi connectivity index (χ2v) is 8.65. The molecular weight excluding hydrogens is 258 g/mol. The van der Waals surface area contributed by atoms with Crippen molar-refractivity contribution in [2.75, 3.05) is 26.7 Å². The molecule has 2 bridgehead atoms. The van der Waals surface area contributed by atoms with Crippen LogP contribution in [0.3, 0.4) is 0 Å². The summed E-state index contributed by atoms with van der Waals surface area (Å²) < 4.78 is 0. The molecule has 0 spiro atoms. The van der Waals surface area contributed by atoms with E-state index in [0.29, 0.717) is 17.4 Å². The minimum Gasteiger partial charge on any atom is -0.327 e. The number of nitrogens with zero attached hydrogens (tertiary/aromatic N) is 2. The lowest BCUT2D eigenvalue weighted by atomic mass is 9.61. The van der Waals surface area contributed by atoms with Crippen molar-refractivity contribution < 1.29 is 0 Å². The Bertz CT molecular complexity index is 367. The summed E-state index contributed by atoms with van der Waals surface area (Å²) in [7, 11) is 2.34. The molecule has 5 unspecified atom stereocenters. The van der Waals surface area contributed by atoms with E-state index in [0.717, 1.165) is 18.0 Å². The minimum absolute atomic E-state index is 0.384. The number of likely N-dealkylation sites (N-methyl/N-ethyl adjacent to an activating group) is 1. The molecule has 5 atom stereocenters. The van der Waals surface area contributed by atoms with Gasteiger partial charge in [-0.15, -0.1) is 0 Å². The van der Waals surface area contributed by atoms with Crippen molar-refractivity contribution in [2.45, 2.75) is 71.0 Å². The van der Waals surface area contributed by atoms with E-state index in [1.165, 1.54) is 51.7 Å². The molecule has 3 heteroatoms. The quantitative estimate of drug-likeness (QED) is 0.849. The Balaban J connectivity index is 1.64. The second kappa shape index (κ2) is 5.82. The van der Waals surface area contributed by atoms with Gasteiger partial charge in [-0.05, 0) is 62.9 Å². The highest BCUT2D eigenvalue weighted by molar-refractivity contribution is 4.96. The highest BCUT2D eigenvalue weighted by Gasteiger charge is 2.43. The number of nitrogens with two attached hydrogens (primary N) is 1. The Labute approximate surface area is 131 Å². The molecule has 2 N–H and O–H groups in total. The van der Waals surface area contributed by atoms with Crippen molar-refractivity contribution >= 4 is 0 Å². The van der Waals surface area contributed by atoms with E-state index < -0.39 is 0 Å². The van der Waals surface area contributed by atoms with Crippen LogP contribution in [0.25, 0.3) is 0 Å². The summed E-state index contributed by atoms with van der Waals surface area (Å²) in [6.45, 7) is 11.2. The molecule has 21 heavy (non-hydrogen) atoms. The Hall–Kier alpha value is -0.120. The Morgan fingerprint density at radius 1 is 1.05 bits per heavy atom. The molecule has 3 fully saturated rings. The molecule has 2 saturated heterocycles. The molecule has 0 amide bonds. The first-order valence-electron chi connectivity index (χ1n) is 9.09. The fourth-order valence-electron chi connectivity index (χ4n) is 5.12. The molecule has 2 aliphatic heterocycles. The van der Waals surface area contributed by atoms with E-state index in [9.17, 15) is 0 Å². The first-order chi connectivity index (χ1) is 9.89. The molecular formula is C18H35N3. The van der Waals surface area contributed by atoms with Crippen LogP contribution in [0.5, 0.6) is 0 Å². The summed E-state index contributed by atoms with van der Waals surface area (Å²) in [5, 5.41) is 0. The number of hydrogen-bond donors (Lipinski definition) is 1. The van der Waals surface area contributed by atoms with Gasteiger partial charge in [0.25, 0.3) is 0 Å². The number of likely N-dealkylation sites (tertiary alicyclic amines) is 1. The zero-order valence-corrected chi connectivity index (χ0v) is 14.5. The third kappa shape index (κ3) is 2.89. The highest BCUT2D eigenvalue weighted by atomic mass is 15.3. The van der Waals surface area contributed by atoms with Crippen LogP contribution < -0.4 is 5.73 Å². The van der Waals surface area contributed by atoms with Gasteiger partial charge in [-0.1, -0.05) is 20.8 Å². The van der Waals surface area contributed by atoms with Gasteiger partial charge in [0, 0.05) is 31.2 Å².